The Morgan fingerprint density at radius 2 is 2.25 bits per heavy atom. The van der Waals surface area contributed by atoms with Crippen molar-refractivity contribution in [3.05, 3.63) is 54.7 Å². The van der Waals surface area contributed by atoms with Crippen LogP contribution in [0, 0.1) is 5.92 Å². The molecular weight excluding hydrogens is 248 g/mol. The Balaban J connectivity index is 1.68. The van der Waals surface area contributed by atoms with Gasteiger partial charge in [-0.05, 0) is 24.1 Å². The van der Waals surface area contributed by atoms with Crippen LogP contribution in [-0.4, -0.2) is 28.9 Å². The number of aromatic nitrogens is 1. The van der Waals surface area contributed by atoms with Crippen molar-refractivity contribution in [1.82, 2.24) is 9.88 Å². The lowest BCUT2D eigenvalue weighted by atomic mass is 10.1. The summed E-state index contributed by atoms with van der Waals surface area (Å²) in [7, 11) is 0. The van der Waals surface area contributed by atoms with E-state index in [1.54, 1.807) is 0 Å². The van der Waals surface area contributed by atoms with E-state index in [9.17, 15) is 4.79 Å². The summed E-state index contributed by atoms with van der Waals surface area (Å²) in [5, 5.41) is 1.15. The fraction of sp³-hybridized carbons (Fsp3) is 0.294. The minimum Gasteiger partial charge on any atom is -0.342 e. The van der Waals surface area contributed by atoms with Gasteiger partial charge in [0.05, 0.1) is 5.52 Å². The van der Waals surface area contributed by atoms with Gasteiger partial charge in [-0.15, -0.1) is 6.58 Å². The van der Waals surface area contributed by atoms with E-state index in [0.29, 0.717) is 12.3 Å². The molecule has 1 amide bonds. The van der Waals surface area contributed by atoms with Gasteiger partial charge in [-0.1, -0.05) is 24.3 Å². The average molecular weight is 266 g/mol. The van der Waals surface area contributed by atoms with Gasteiger partial charge >= 0.3 is 0 Å². The normalized spacial score (nSPS) is 18.7. The molecular formula is C17H18N2O. The van der Waals surface area contributed by atoms with Gasteiger partial charge in [0.25, 0.3) is 0 Å². The molecule has 1 aromatic heterocycles. The van der Waals surface area contributed by atoms with Gasteiger partial charge in [0.2, 0.25) is 5.91 Å². The summed E-state index contributed by atoms with van der Waals surface area (Å²) in [5.74, 6) is 0.556. The molecule has 2 aromatic rings. The number of hydrogen-bond acceptors (Lipinski definition) is 2. The molecule has 1 saturated heterocycles. The number of nitrogens with zero attached hydrogens (tertiary/aromatic N) is 2. The summed E-state index contributed by atoms with van der Waals surface area (Å²) in [6.07, 6.45) is 5.26. The molecule has 0 spiro atoms. The van der Waals surface area contributed by atoms with Gasteiger partial charge in [0.1, 0.15) is 0 Å². The molecule has 3 rings (SSSR count). The van der Waals surface area contributed by atoms with Crippen molar-refractivity contribution >= 4 is 16.8 Å². The number of fused-ring (bicyclic) bond motifs is 1. The Morgan fingerprint density at radius 3 is 3.05 bits per heavy atom. The van der Waals surface area contributed by atoms with Crippen molar-refractivity contribution in [3.63, 3.8) is 0 Å². The molecule has 1 aliphatic rings. The summed E-state index contributed by atoms with van der Waals surface area (Å²) >= 11 is 0. The summed E-state index contributed by atoms with van der Waals surface area (Å²) in [6.45, 7) is 5.35. The third-order valence-electron chi connectivity index (χ3n) is 3.90. The fourth-order valence-corrected chi connectivity index (χ4v) is 2.69. The van der Waals surface area contributed by atoms with Gasteiger partial charge in [0, 0.05) is 37.0 Å². The van der Waals surface area contributed by atoms with E-state index in [-0.39, 0.29) is 5.91 Å². The highest BCUT2D eigenvalue weighted by Gasteiger charge is 2.26. The summed E-state index contributed by atoms with van der Waals surface area (Å²) < 4.78 is 0. The molecule has 20 heavy (non-hydrogen) atoms. The fourth-order valence-electron chi connectivity index (χ4n) is 2.69. The van der Waals surface area contributed by atoms with Crippen LogP contribution in [0.3, 0.4) is 0 Å². The molecule has 0 radical (unpaired) electrons. The van der Waals surface area contributed by atoms with Crippen molar-refractivity contribution in [2.75, 3.05) is 13.1 Å². The third-order valence-corrected chi connectivity index (χ3v) is 3.90. The number of carbonyl (C=O) groups is 1. The maximum Gasteiger partial charge on any atom is 0.223 e. The summed E-state index contributed by atoms with van der Waals surface area (Å²) in [5.41, 5.74) is 2.19. The van der Waals surface area contributed by atoms with Crippen molar-refractivity contribution in [2.24, 2.45) is 5.92 Å². The lowest BCUT2D eigenvalue weighted by molar-refractivity contribution is -0.127. The minimum absolute atomic E-state index is 0.239. The first-order chi connectivity index (χ1) is 9.76. The summed E-state index contributed by atoms with van der Waals surface area (Å²) in [4.78, 5) is 18.2. The van der Waals surface area contributed by atoms with Gasteiger partial charge in [-0.25, -0.2) is 0 Å². The lowest BCUT2D eigenvalue weighted by Crippen LogP contribution is -2.27. The van der Waals surface area contributed by atoms with Crippen LogP contribution in [-0.2, 0) is 11.2 Å². The molecule has 0 aliphatic carbocycles. The monoisotopic (exact) mass is 266 g/mol. The molecule has 3 heteroatoms. The number of likely N-dealkylation sites (tertiary alicyclic amines) is 1. The van der Waals surface area contributed by atoms with Gasteiger partial charge in [0.15, 0.2) is 0 Å². The van der Waals surface area contributed by atoms with E-state index in [2.05, 4.69) is 23.7 Å². The third kappa shape index (κ3) is 2.57. The van der Waals surface area contributed by atoms with Crippen LogP contribution in [0.25, 0.3) is 10.9 Å². The van der Waals surface area contributed by atoms with Crippen molar-refractivity contribution in [3.8, 4) is 0 Å². The topological polar surface area (TPSA) is 33.2 Å². The Bertz CT molecular complexity index is 650. The van der Waals surface area contributed by atoms with Crippen LogP contribution in [0.2, 0.25) is 0 Å². The molecule has 102 valence electrons. The smallest absolute Gasteiger partial charge is 0.223 e. The number of hydrogen-bond donors (Lipinski definition) is 0. The first-order valence-electron chi connectivity index (χ1n) is 7.00. The van der Waals surface area contributed by atoms with E-state index in [1.807, 2.05) is 35.4 Å². The molecule has 1 fully saturated rings. The highest BCUT2D eigenvalue weighted by Crippen LogP contribution is 2.19. The number of pyridine rings is 1. The second-order valence-corrected chi connectivity index (χ2v) is 5.33. The van der Waals surface area contributed by atoms with Crippen molar-refractivity contribution in [1.29, 1.82) is 0 Å². The largest absolute Gasteiger partial charge is 0.342 e. The number of rotatable bonds is 4. The van der Waals surface area contributed by atoms with Crippen LogP contribution >= 0.6 is 0 Å². The highest BCUT2D eigenvalue weighted by molar-refractivity contribution is 5.79. The van der Waals surface area contributed by atoms with Crippen molar-refractivity contribution < 1.29 is 4.79 Å². The zero-order valence-electron chi connectivity index (χ0n) is 11.5. The Labute approximate surface area is 118 Å². The molecule has 0 bridgehead atoms. The SMILES string of the molecule is C=CC1CC(=O)N(CCc2cnc3ccccc3c2)C1. The predicted octanol–water partition coefficient (Wildman–Crippen LogP) is 2.81. The van der Waals surface area contributed by atoms with E-state index in [1.165, 1.54) is 5.56 Å². The zero-order chi connectivity index (χ0) is 13.9. The standard InChI is InChI=1S/C17H18N2O/c1-2-13-10-17(20)19(12-13)8-7-14-9-15-5-3-4-6-16(15)18-11-14/h2-6,9,11,13H,1,7-8,10,12H2. The molecule has 1 unspecified atom stereocenters. The molecule has 0 N–H and O–H groups in total. The van der Waals surface area contributed by atoms with E-state index in [4.69, 9.17) is 0 Å². The first-order valence-corrected chi connectivity index (χ1v) is 7.00. The van der Waals surface area contributed by atoms with Gasteiger partial charge in [-0.2, -0.15) is 0 Å². The van der Waals surface area contributed by atoms with Crippen LogP contribution in [0.1, 0.15) is 12.0 Å². The number of carbonyl (C=O) groups excluding carboxylic acids is 1. The average Bonchev–Trinajstić information content (AvgIpc) is 2.85. The Kier molecular flexibility index (Phi) is 3.50. The van der Waals surface area contributed by atoms with Crippen molar-refractivity contribution in [2.45, 2.75) is 12.8 Å². The van der Waals surface area contributed by atoms with Crippen LogP contribution < -0.4 is 0 Å². The van der Waals surface area contributed by atoms with E-state index < -0.39 is 0 Å². The molecule has 1 aromatic carbocycles. The number of amides is 1. The minimum atomic E-state index is 0.239. The molecule has 1 aliphatic heterocycles. The first kappa shape index (κ1) is 12.9. The van der Waals surface area contributed by atoms with E-state index in [0.717, 1.165) is 30.4 Å². The van der Waals surface area contributed by atoms with Gasteiger partial charge in [-0.3, -0.25) is 9.78 Å². The molecule has 0 saturated carbocycles. The number of para-hydroxylation sites is 1. The lowest BCUT2D eigenvalue weighted by Gasteiger charge is -2.15. The summed E-state index contributed by atoms with van der Waals surface area (Å²) in [6, 6.07) is 10.3. The quantitative estimate of drug-likeness (QED) is 0.797. The maximum absolute atomic E-state index is 11.8. The second kappa shape index (κ2) is 5.45. The van der Waals surface area contributed by atoms with Crippen LogP contribution in [0.5, 0.6) is 0 Å². The van der Waals surface area contributed by atoms with E-state index >= 15 is 0 Å². The number of benzene rings is 1. The zero-order valence-corrected chi connectivity index (χ0v) is 11.5. The molecule has 2 heterocycles. The van der Waals surface area contributed by atoms with Crippen LogP contribution in [0.15, 0.2) is 49.2 Å². The maximum atomic E-state index is 11.8. The molecule has 3 nitrogen and oxygen atoms in total. The Hall–Kier alpha value is -2.16. The van der Waals surface area contributed by atoms with Gasteiger partial charge < -0.3 is 4.90 Å². The second-order valence-electron chi connectivity index (χ2n) is 5.33. The molecule has 1 atom stereocenters. The Morgan fingerprint density at radius 1 is 1.40 bits per heavy atom. The van der Waals surface area contributed by atoms with Crippen LogP contribution in [0.4, 0.5) is 0 Å². The predicted molar refractivity (Wildman–Crippen MR) is 80.3 cm³/mol. The highest BCUT2D eigenvalue weighted by atomic mass is 16.2.